The fourth-order valence-corrected chi connectivity index (χ4v) is 2.18. The van der Waals surface area contributed by atoms with Crippen LogP contribution in [0.1, 0.15) is 16.7 Å². The van der Waals surface area contributed by atoms with Gasteiger partial charge in [-0.15, -0.1) is 0 Å². The van der Waals surface area contributed by atoms with E-state index in [1.807, 2.05) is 13.8 Å². The van der Waals surface area contributed by atoms with Gasteiger partial charge in [-0.3, -0.25) is 14.9 Å². The second-order valence-electron chi connectivity index (χ2n) is 5.31. The number of non-ortho nitro benzene ring substituents is 1. The lowest BCUT2D eigenvalue weighted by Crippen LogP contribution is -2.24. The molecule has 0 aliphatic heterocycles. The monoisotopic (exact) mass is 361 g/mol. The second-order valence-corrected chi connectivity index (χ2v) is 5.68. The van der Waals surface area contributed by atoms with Gasteiger partial charge in [0.05, 0.1) is 11.1 Å². The average molecular weight is 362 g/mol. The van der Waals surface area contributed by atoms with Crippen molar-refractivity contribution < 1.29 is 14.5 Å². The third-order valence-corrected chi connectivity index (χ3v) is 3.86. The molecule has 1 amide bonds. The quantitative estimate of drug-likeness (QED) is 0.484. The predicted octanol–water partition coefficient (Wildman–Crippen LogP) is 3.39. The molecule has 1 N–H and O–H groups in total. The van der Waals surface area contributed by atoms with Crippen LogP contribution in [0.5, 0.6) is 5.75 Å². The van der Waals surface area contributed by atoms with Crippen LogP contribution < -0.4 is 10.2 Å². The van der Waals surface area contributed by atoms with E-state index in [9.17, 15) is 14.9 Å². The van der Waals surface area contributed by atoms with Gasteiger partial charge in [0.2, 0.25) is 0 Å². The van der Waals surface area contributed by atoms with Crippen molar-refractivity contribution >= 4 is 29.4 Å². The molecule has 2 aromatic carbocycles. The minimum atomic E-state index is -0.500. The largest absolute Gasteiger partial charge is 0.484 e. The Bertz CT molecular complexity index is 813. The Labute approximate surface area is 149 Å². The second kappa shape index (κ2) is 8.25. The van der Waals surface area contributed by atoms with Crippen LogP contribution in [0, 0.1) is 24.0 Å². The molecule has 0 aliphatic carbocycles. The Morgan fingerprint density at radius 1 is 1.32 bits per heavy atom. The van der Waals surface area contributed by atoms with Gasteiger partial charge in [-0.05, 0) is 37.1 Å². The number of aryl methyl sites for hydroxylation is 2. The first-order valence-corrected chi connectivity index (χ1v) is 7.70. The van der Waals surface area contributed by atoms with Crippen molar-refractivity contribution in [3.63, 3.8) is 0 Å². The van der Waals surface area contributed by atoms with E-state index in [1.54, 1.807) is 18.2 Å². The third kappa shape index (κ3) is 5.29. The van der Waals surface area contributed by atoms with E-state index >= 15 is 0 Å². The predicted molar refractivity (Wildman–Crippen MR) is 95.3 cm³/mol. The van der Waals surface area contributed by atoms with E-state index < -0.39 is 10.8 Å². The average Bonchev–Trinajstić information content (AvgIpc) is 2.58. The van der Waals surface area contributed by atoms with E-state index in [-0.39, 0.29) is 12.3 Å². The maximum absolute atomic E-state index is 11.7. The number of hydrogen-bond acceptors (Lipinski definition) is 5. The van der Waals surface area contributed by atoms with Crippen LogP contribution in [0.3, 0.4) is 0 Å². The number of nitro groups is 1. The molecule has 2 rings (SSSR count). The molecule has 130 valence electrons. The van der Waals surface area contributed by atoms with Gasteiger partial charge in [-0.25, -0.2) is 5.43 Å². The summed E-state index contributed by atoms with van der Waals surface area (Å²) in [7, 11) is 0. The molecule has 0 saturated carbocycles. The summed E-state index contributed by atoms with van der Waals surface area (Å²) in [4.78, 5) is 21.9. The lowest BCUT2D eigenvalue weighted by Gasteiger charge is -2.09. The van der Waals surface area contributed by atoms with Crippen LogP contribution in [0.2, 0.25) is 5.02 Å². The number of hydrogen-bond donors (Lipinski definition) is 1. The maximum atomic E-state index is 11.7. The number of benzene rings is 2. The van der Waals surface area contributed by atoms with Crippen molar-refractivity contribution in [2.24, 2.45) is 5.10 Å². The van der Waals surface area contributed by atoms with Crippen LogP contribution in [0.4, 0.5) is 5.69 Å². The summed E-state index contributed by atoms with van der Waals surface area (Å²) >= 11 is 6.07. The number of ether oxygens (including phenoxy) is 1. The number of nitrogens with one attached hydrogen (secondary N) is 1. The lowest BCUT2D eigenvalue weighted by atomic mass is 10.1. The Balaban J connectivity index is 1.88. The molecule has 0 aliphatic rings. The first-order chi connectivity index (χ1) is 11.9. The zero-order valence-electron chi connectivity index (χ0n) is 13.7. The zero-order valence-corrected chi connectivity index (χ0v) is 14.4. The molecule has 0 fully saturated rings. The van der Waals surface area contributed by atoms with Crippen LogP contribution in [0.15, 0.2) is 41.5 Å². The molecule has 2 aromatic rings. The van der Waals surface area contributed by atoms with Gasteiger partial charge in [0.25, 0.3) is 11.6 Å². The van der Waals surface area contributed by atoms with Crippen LogP contribution in [0.25, 0.3) is 0 Å². The number of carbonyl (C=O) groups is 1. The molecule has 0 radical (unpaired) electrons. The van der Waals surface area contributed by atoms with Gasteiger partial charge in [0.1, 0.15) is 5.75 Å². The summed E-state index contributed by atoms with van der Waals surface area (Å²) in [5.41, 5.74) is 4.47. The summed E-state index contributed by atoms with van der Waals surface area (Å²) in [6.45, 7) is 3.49. The molecular formula is C17H16ClN3O4. The number of hydrazone groups is 1. The number of nitro benzene ring substituents is 1. The Morgan fingerprint density at radius 3 is 2.64 bits per heavy atom. The van der Waals surface area contributed by atoms with E-state index in [1.165, 1.54) is 24.4 Å². The summed E-state index contributed by atoms with van der Waals surface area (Å²) in [6.07, 6.45) is 1.32. The fraction of sp³-hybridized carbons (Fsp3) is 0.176. The lowest BCUT2D eigenvalue weighted by molar-refractivity contribution is -0.384. The standard InChI is InChI=1S/C17H16ClN3O4/c1-11-6-15(7-12(2)17(11)18)25-10-16(22)20-19-9-13-4-3-5-14(8-13)21(23)24/h3-9H,10H2,1-2H3,(H,20,22)/b19-9-. The highest BCUT2D eigenvalue weighted by molar-refractivity contribution is 6.32. The fourth-order valence-electron chi connectivity index (χ4n) is 2.07. The molecule has 0 aromatic heterocycles. The molecule has 7 nitrogen and oxygen atoms in total. The number of nitrogens with zero attached hydrogens (tertiary/aromatic N) is 2. The van der Waals surface area contributed by atoms with Crippen molar-refractivity contribution in [3.8, 4) is 5.75 Å². The van der Waals surface area contributed by atoms with Crippen LogP contribution in [-0.2, 0) is 4.79 Å². The smallest absolute Gasteiger partial charge is 0.277 e. The minimum absolute atomic E-state index is 0.0490. The molecule has 25 heavy (non-hydrogen) atoms. The van der Waals surface area contributed by atoms with Crippen molar-refractivity contribution in [1.29, 1.82) is 0 Å². The molecule has 0 atom stereocenters. The SMILES string of the molecule is Cc1cc(OCC(=O)N/N=C\c2cccc([N+](=O)[O-])c2)cc(C)c1Cl. The van der Waals surface area contributed by atoms with Gasteiger partial charge in [-0.1, -0.05) is 23.7 Å². The van der Waals surface area contributed by atoms with E-state index in [0.717, 1.165) is 11.1 Å². The molecule has 0 spiro atoms. The number of halogens is 1. The highest BCUT2D eigenvalue weighted by Crippen LogP contribution is 2.25. The van der Waals surface area contributed by atoms with E-state index in [2.05, 4.69) is 10.5 Å². The van der Waals surface area contributed by atoms with Gasteiger partial charge in [0.15, 0.2) is 6.61 Å². The molecule has 8 heteroatoms. The molecular weight excluding hydrogens is 346 g/mol. The van der Waals surface area contributed by atoms with Gasteiger partial charge >= 0.3 is 0 Å². The van der Waals surface area contributed by atoms with Gasteiger partial charge in [-0.2, -0.15) is 5.10 Å². The maximum Gasteiger partial charge on any atom is 0.277 e. The highest BCUT2D eigenvalue weighted by atomic mass is 35.5. The Hall–Kier alpha value is -2.93. The normalized spacial score (nSPS) is 10.7. The number of carbonyl (C=O) groups excluding carboxylic acids is 1. The van der Waals surface area contributed by atoms with E-state index in [0.29, 0.717) is 16.3 Å². The van der Waals surface area contributed by atoms with Crippen molar-refractivity contribution in [2.45, 2.75) is 13.8 Å². The van der Waals surface area contributed by atoms with Crippen molar-refractivity contribution in [1.82, 2.24) is 5.43 Å². The van der Waals surface area contributed by atoms with Crippen molar-refractivity contribution in [3.05, 3.63) is 68.2 Å². The summed E-state index contributed by atoms with van der Waals surface area (Å²) in [6, 6.07) is 9.39. The van der Waals surface area contributed by atoms with Crippen LogP contribution in [-0.4, -0.2) is 23.7 Å². The molecule has 0 unspecified atom stereocenters. The number of amides is 1. The van der Waals surface area contributed by atoms with E-state index in [4.69, 9.17) is 16.3 Å². The highest BCUT2D eigenvalue weighted by Gasteiger charge is 2.07. The van der Waals surface area contributed by atoms with Crippen molar-refractivity contribution in [2.75, 3.05) is 6.61 Å². The Kier molecular flexibility index (Phi) is 6.08. The number of rotatable bonds is 6. The Morgan fingerprint density at radius 2 is 2.00 bits per heavy atom. The summed E-state index contributed by atoms with van der Waals surface area (Å²) in [5, 5.41) is 15.1. The van der Waals surface area contributed by atoms with Gasteiger partial charge in [0, 0.05) is 22.7 Å². The summed E-state index contributed by atoms with van der Waals surface area (Å²) < 4.78 is 5.40. The topological polar surface area (TPSA) is 93.8 Å². The zero-order chi connectivity index (χ0) is 18.4. The minimum Gasteiger partial charge on any atom is -0.484 e. The van der Waals surface area contributed by atoms with Crippen LogP contribution >= 0.6 is 11.6 Å². The third-order valence-electron chi connectivity index (χ3n) is 3.26. The first kappa shape index (κ1) is 18.4. The molecule has 0 heterocycles. The van der Waals surface area contributed by atoms with Gasteiger partial charge < -0.3 is 4.74 Å². The molecule has 0 saturated heterocycles. The first-order valence-electron chi connectivity index (χ1n) is 7.32. The summed E-state index contributed by atoms with van der Waals surface area (Å²) in [5.74, 6) is 0.0872. The molecule has 0 bridgehead atoms.